The third kappa shape index (κ3) is 3.50. The molecule has 0 unspecified atom stereocenters. The summed E-state index contributed by atoms with van der Waals surface area (Å²) in [4.78, 5) is 4.55. The number of benzene rings is 1. The summed E-state index contributed by atoms with van der Waals surface area (Å²) in [5.74, 6) is 0.949. The fraction of sp³-hybridized carbons (Fsp3) is 0.533. The second-order valence-corrected chi connectivity index (χ2v) is 5.89. The van der Waals surface area contributed by atoms with E-state index in [1.165, 1.54) is 6.07 Å². The molecular formula is C15H21FN2S. The van der Waals surface area contributed by atoms with E-state index in [9.17, 15) is 4.39 Å². The smallest absolute Gasteiger partial charge is 0.157 e. The number of aliphatic imine (C=N–C) groups is 1. The average Bonchev–Trinajstić information content (AvgIpc) is 2.85. The molecule has 2 rings (SSSR count). The summed E-state index contributed by atoms with van der Waals surface area (Å²) in [6, 6.07) is 6.92. The minimum atomic E-state index is -0.133. The molecule has 2 nitrogen and oxygen atoms in total. The third-order valence-electron chi connectivity index (χ3n) is 3.81. The highest BCUT2D eigenvalue weighted by molar-refractivity contribution is 8.14. The lowest BCUT2D eigenvalue weighted by molar-refractivity contribution is 0.407. The van der Waals surface area contributed by atoms with Crippen molar-refractivity contribution in [1.82, 2.24) is 5.32 Å². The van der Waals surface area contributed by atoms with Crippen molar-refractivity contribution < 1.29 is 4.39 Å². The molecule has 1 aliphatic rings. The number of nitrogens with one attached hydrogen (secondary N) is 1. The van der Waals surface area contributed by atoms with Crippen LogP contribution in [0.2, 0.25) is 0 Å². The van der Waals surface area contributed by atoms with Gasteiger partial charge in [-0.25, -0.2) is 4.39 Å². The molecule has 104 valence electrons. The van der Waals surface area contributed by atoms with Crippen molar-refractivity contribution in [2.45, 2.75) is 38.6 Å². The van der Waals surface area contributed by atoms with Gasteiger partial charge in [0.1, 0.15) is 5.82 Å². The minimum Gasteiger partial charge on any atom is -0.359 e. The molecule has 0 amide bonds. The standard InChI is InChI=1S/C15H21FN2S/c1-3-15(4-2)11-19-14(18-15)17-10-9-12-7-5-6-8-13(12)16/h5-8H,3-4,9-11H2,1-2H3,(H,17,18). The summed E-state index contributed by atoms with van der Waals surface area (Å²) < 4.78 is 13.5. The number of thioether (sulfide) groups is 1. The van der Waals surface area contributed by atoms with E-state index in [0.717, 1.165) is 29.3 Å². The molecule has 1 aliphatic heterocycles. The average molecular weight is 280 g/mol. The predicted octanol–water partition coefficient (Wildman–Crippen LogP) is 3.62. The molecule has 4 heteroatoms. The summed E-state index contributed by atoms with van der Waals surface area (Å²) in [5, 5.41) is 4.54. The fourth-order valence-electron chi connectivity index (χ4n) is 2.20. The maximum Gasteiger partial charge on any atom is 0.157 e. The van der Waals surface area contributed by atoms with Crippen LogP contribution in [0, 0.1) is 5.82 Å². The first kappa shape index (κ1) is 14.4. The molecule has 1 N–H and O–H groups in total. The minimum absolute atomic E-state index is 0.133. The highest BCUT2D eigenvalue weighted by atomic mass is 32.2. The van der Waals surface area contributed by atoms with Gasteiger partial charge >= 0.3 is 0 Å². The fourth-order valence-corrected chi connectivity index (χ4v) is 3.57. The second-order valence-electron chi connectivity index (χ2n) is 4.93. The molecule has 1 heterocycles. The van der Waals surface area contributed by atoms with E-state index in [1.54, 1.807) is 17.8 Å². The lowest BCUT2D eigenvalue weighted by Gasteiger charge is -2.25. The molecule has 0 aromatic heterocycles. The van der Waals surface area contributed by atoms with E-state index < -0.39 is 0 Å². The summed E-state index contributed by atoms with van der Waals surface area (Å²) in [6.07, 6.45) is 2.88. The first-order valence-electron chi connectivity index (χ1n) is 6.88. The van der Waals surface area contributed by atoms with Crippen LogP contribution < -0.4 is 5.32 Å². The Balaban J connectivity index is 1.89. The van der Waals surface area contributed by atoms with Crippen molar-refractivity contribution in [3.05, 3.63) is 35.6 Å². The van der Waals surface area contributed by atoms with Gasteiger partial charge in [0.25, 0.3) is 0 Å². The zero-order chi connectivity index (χ0) is 13.7. The van der Waals surface area contributed by atoms with Crippen molar-refractivity contribution >= 4 is 16.9 Å². The Morgan fingerprint density at radius 2 is 2.05 bits per heavy atom. The van der Waals surface area contributed by atoms with Gasteiger partial charge in [0.2, 0.25) is 0 Å². The highest BCUT2D eigenvalue weighted by Gasteiger charge is 2.33. The summed E-state index contributed by atoms with van der Waals surface area (Å²) in [5.41, 5.74) is 0.952. The van der Waals surface area contributed by atoms with Crippen molar-refractivity contribution in [2.24, 2.45) is 4.99 Å². The van der Waals surface area contributed by atoms with Crippen LogP contribution in [0.1, 0.15) is 32.3 Å². The van der Waals surface area contributed by atoms with Gasteiger partial charge in [0.15, 0.2) is 5.17 Å². The molecule has 1 saturated heterocycles. The maximum absolute atomic E-state index is 13.5. The highest BCUT2D eigenvalue weighted by Crippen LogP contribution is 2.28. The first-order valence-corrected chi connectivity index (χ1v) is 7.86. The molecule has 1 fully saturated rings. The van der Waals surface area contributed by atoms with Crippen LogP contribution in [0.25, 0.3) is 0 Å². The summed E-state index contributed by atoms with van der Waals surface area (Å²) in [7, 11) is 0. The monoisotopic (exact) mass is 280 g/mol. The Bertz CT molecular complexity index is 455. The maximum atomic E-state index is 13.5. The molecule has 1 aromatic carbocycles. The van der Waals surface area contributed by atoms with E-state index in [4.69, 9.17) is 0 Å². The number of hydrogen-bond acceptors (Lipinski definition) is 2. The van der Waals surface area contributed by atoms with Crippen molar-refractivity contribution in [3.63, 3.8) is 0 Å². The normalized spacial score (nSPS) is 19.6. The SMILES string of the molecule is CCC1(CC)CSC(=NCCc2ccccc2F)N1. The van der Waals surface area contributed by atoms with E-state index in [-0.39, 0.29) is 11.4 Å². The Morgan fingerprint density at radius 1 is 1.32 bits per heavy atom. The van der Waals surface area contributed by atoms with Gasteiger partial charge in [-0.1, -0.05) is 43.8 Å². The largest absolute Gasteiger partial charge is 0.359 e. The number of hydrogen-bond donors (Lipinski definition) is 1. The quantitative estimate of drug-likeness (QED) is 0.891. The van der Waals surface area contributed by atoms with Gasteiger partial charge in [0, 0.05) is 17.8 Å². The van der Waals surface area contributed by atoms with Crippen molar-refractivity contribution in [3.8, 4) is 0 Å². The Labute approximate surface area is 118 Å². The van der Waals surface area contributed by atoms with Gasteiger partial charge in [-0.15, -0.1) is 0 Å². The van der Waals surface area contributed by atoms with E-state index >= 15 is 0 Å². The Hall–Kier alpha value is -1.03. The van der Waals surface area contributed by atoms with Crippen LogP contribution in [0.4, 0.5) is 4.39 Å². The molecule has 0 radical (unpaired) electrons. The van der Waals surface area contributed by atoms with Gasteiger partial charge in [-0.3, -0.25) is 4.99 Å². The number of rotatable bonds is 5. The van der Waals surface area contributed by atoms with Gasteiger partial charge in [0.05, 0.1) is 0 Å². The van der Waals surface area contributed by atoms with Crippen LogP contribution in [0.15, 0.2) is 29.3 Å². The lowest BCUT2D eigenvalue weighted by Crippen LogP contribution is -2.42. The van der Waals surface area contributed by atoms with Crippen LogP contribution >= 0.6 is 11.8 Å². The van der Waals surface area contributed by atoms with Crippen LogP contribution in [-0.2, 0) is 6.42 Å². The van der Waals surface area contributed by atoms with E-state index in [0.29, 0.717) is 13.0 Å². The predicted molar refractivity (Wildman–Crippen MR) is 81.3 cm³/mol. The summed E-state index contributed by atoms with van der Waals surface area (Å²) >= 11 is 1.78. The van der Waals surface area contributed by atoms with Crippen LogP contribution in [0.3, 0.4) is 0 Å². The second kappa shape index (κ2) is 6.42. The molecule has 0 spiro atoms. The number of nitrogens with zero attached hydrogens (tertiary/aromatic N) is 1. The van der Waals surface area contributed by atoms with Crippen LogP contribution in [-0.4, -0.2) is 23.0 Å². The van der Waals surface area contributed by atoms with Gasteiger partial charge in [-0.2, -0.15) is 0 Å². The van der Waals surface area contributed by atoms with E-state index in [1.807, 2.05) is 12.1 Å². The summed E-state index contributed by atoms with van der Waals surface area (Å²) in [6.45, 7) is 5.05. The Kier molecular flexibility index (Phi) is 4.86. The Morgan fingerprint density at radius 3 is 2.68 bits per heavy atom. The van der Waals surface area contributed by atoms with Gasteiger partial charge in [-0.05, 0) is 30.9 Å². The van der Waals surface area contributed by atoms with Crippen LogP contribution in [0.5, 0.6) is 0 Å². The molecule has 0 atom stereocenters. The number of halogens is 1. The molecule has 0 bridgehead atoms. The number of amidine groups is 1. The molecule has 0 aliphatic carbocycles. The van der Waals surface area contributed by atoms with Crippen molar-refractivity contribution in [2.75, 3.05) is 12.3 Å². The first-order chi connectivity index (χ1) is 9.19. The van der Waals surface area contributed by atoms with Crippen molar-refractivity contribution in [1.29, 1.82) is 0 Å². The topological polar surface area (TPSA) is 24.4 Å². The van der Waals surface area contributed by atoms with E-state index in [2.05, 4.69) is 24.2 Å². The van der Waals surface area contributed by atoms with Gasteiger partial charge < -0.3 is 5.32 Å². The molecule has 19 heavy (non-hydrogen) atoms. The molecule has 1 aromatic rings. The lowest BCUT2D eigenvalue weighted by atomic mass is 9.96. The zero-order valence-corrected chi connectivity index (χ0v) is 12.4. The third-order valence-corrected chi connectivity index (χ3v) is 5.01. The zero-order valence-electron chi connectivity index (χ0n) is 11.6. The molecule has 0 saturated carbocycles. The molecular weight excluding hydrogens is 259 g/mol.